The molecule has 0 aromatic heterocycles. The average Bonchev–Trinajstić information content (AvgIpc) is 3.43. The number of nitrogens with zero attached hydrogens (tertiary/aromatic N) is 2. The number of halogens is 1. The first kappa shape index (κ1) is 42.1. The number of allylic oxidation sites excluding steroid dienone is 1. The number of rotatable bonds is 7. The summed E-state index contributed by atoms with van der Waals surface area (Å²) in [5.74, 6) is -5.56. The summed E-state index contributed by atoms with van der Waals surface area (Å²) >= 11 is 0. The number of carbonyl (C=O) groups excluding carboxylic acids is 6. The molecule has 5 atom stereocenters. The molecule has 4 aliphatic rings. The van der Waals surface area contributed by atoms with Crippen molar-refractivity contribution in [1.29, 1.82) is 0 Å². The second kappa shape index (κ2) is 17.1. The summed E-state index contributed by atoms with van der Waals surface area (Å²) in [6.45, 7) is 4.83. The van der Waals surface area contributed by atoms with Gasteiger partial charge in [-0.15, -0.1) is 0 Å². The van der Waals surface area contributed by atoms with Crippen LogP contribution in [0.2, 0.25) is 0 Å². The lowest BCUT2D eigenvalue weighted by atomic mass is 10.0. The van der Waals surface area contributed by atoms with E-state index in [1.807, 2.05) is 10.8 Å². The number of alkyl carbamates (subject to hydrolysis) is 1. The van der Waals surface area contributed by atoms with Gasteiger partial charge in [-0.1, -0.05) is 55.3 Å². The van der Waals surface area contributed by atoms with Crippen molar-refractivity contribution in [3.05, 3.63) is 77.6 Å². The molecule has 0 spiro atoms. The molecule has 2 fully saturated rings. The van der Waals surface area contributed by atoms with Gasteiger partial charge in [-0.25, -0.2) is 22.4 Å². The average molecular weight is 825 g/mol. The van der Waals surface area contributed by atoms with Crippen molar-refractivity contribution in [1.82, 2.24) is 25.2 Å². The number of benzene rings is 2. The van der Waals surface area contributed by atoms with Crippen LogP contribution in [-0.2, 0) is 51.8 Å². The van der Waals surface area contributed by atoms with Crippen LogP contribution in [0.25, 0.3) is 0 Å². The number of sulfonamides is 1. The van der Waals surface area contributed by atoms with Gasteiger partial charge < -0.3 is 30.3 Å². The number of hydrogen-bond donors (Lipinski definition) is 4. The van der Waals surface area contributed by atoms with Crippen molar-refractivity contribution < 1.29 is 51.0 Å². The summed E-state index contributed by atoms with van der Waals surface area (Å²) in [6, 6.07) is 10.3. The zero-order chi connectivity index (χ0) is 41.8. The lowest BCUT2D eigenvalue weighted by Crippen LogP contribution is -2.58. The third-order valence-electron chi connectivity index (χ3n) is 10.4. The van der Waals surface area contributed by atoms with Crippen LogP contribution in [0.1, 0.15) is 76.8 Å². The van der Waals surface area contributed by atoms with Crippen molar-refractivity contribution in [2.75, 3.05) is 17.6 Å². The maximum Gasteiger partial charge on any atom is 0.410 e. The summed E-state index contributed by atoms with van der Waals surface area (Å²) in [7, 11) is -4.54. The van der Waals surface area contributed by atoms with E-state index in [-0.39, 0.29) is 38.9 Å². The quantitative estimate of drug-likeness (QED) is 0.298. The van der Waals surface area contributed by atoms with E-state index < -0.39 is 92.7 Å². The Morgan fingerprint density at radius 2 is 1.76 bits per heavy atom. The van der Waals surface area contributed by atoms with Crippen LogP contribution < -0.4 is 20.7 Å². The number of carbonyl (C=O) groups is 6. The highest BCUT2D eigenvalue weighted by molar-refractivity contribution is 7.90. The van der Waals surface area contributed by atoms with Crippen LogP contribution in [0.15, 0.2) is 60.7 Å². The second-order valence-corrected chi connectivity index (χ2v) is 17.8. The summed E-state index contributed by atoms with van der Waals surface area (Å²) in [5, 5.41) is 7.82. The monoisotopic (exact) mass is 824 g/mol. The summed E-state index contributed by atoms with van der Waals surface area (Å²) in [4.78, 5) is 84.0. The Labute approximate surface area is 336 Å². The van der Waals surface area contributed by atoms with Gasteiger partial charge in [0.05, 0.1) is 13.1 Å². The molecule has 0 radical (unpaired) electrons. The third-order valence-corrected chi connectivity index (χ3v) is 11.6. The predicted molar refractivity (Wildman–Crippen MR) is 207 cm³/mol. The van der Waals surface area contributed by atoms with Crippen molar-refractivity contribution >= 4 is 51.5 Å². The second-order valence-electron chi connectivity index (χ2n) is 16.1. The Hall–Kier alpha value is -5.52. The molecule has 2 aromatic carbocycles. The van der Waals surface area contributed by atoms with Crippen molar-refractivity contribution in [3.63, 3.8) is 0 Å². The first-order chi connectivity index (χ1) is 27.4. The minimum absolute atomic E-state index is 0.0286. The molecule has 0 bridgehead atoms. The van der Waals surface area contributed by atoms with Crippen LogP contribution in [0.4, 0.5) is 19.7 Å². The van der Waals surface area contributed by atoms with E-state index in [4.69, 9.17) is 9.47 Å². The molecule has 4 N–H and O–H groups in total. The van der Waals surface area contributed by atoms with E-state index in [9.17, 15) is 41.6 Å². The van der Waals surface area contributed by atoms with Gasteiger partial charge in [0.1, 0.15) is 40.9 Å². The molecule has 18 heteroatoms. The summed E-state index contributed by atoms with van der Waals surface area (Å²) in [5.41, 5.74) is -1.28. The highest BCUT2D eigenvalue weighted by Gasteiger charge is 2.61. The van der Waals surface area contributed by atoms with E-state index >= 15 is 0 Å². The Kier molecular flexibility index (Phi) is 12.4. The van der Waals surface area contributed by atoms with Crippen LogP contribution in [0, 0.1) is 11.7 Å². The molecule has 58 heavy (non-hydrogen) atoms. The molecule has 0 unspecified atom stereocenters. The number of fused-ring (bicyclic) bond motifs is 3. The largest absolute Gasteiger partial charge is 0.444 e. The van der Waals surface area contributed by atoms with E-state index in [1.54, 1.807) is 69.3 Å². The zero-order valence-corrected chi connectivity index (χ0v) is 33.4. The molecule has 1 aliphatic carbocycles. The number of amides is 6. The van der Waals surface area contributed by atoms with E-state index in [2.05, 4.69) is 16.0 Å². The van der Waals surface area contributed by atoms with Crippen molar-refractivity contribution in [3.8, 4) is 0 Å². The van der Waals surface area contributed by atoms with Gasteiger partial charge in [-0.05, 0) is 70.2 Å². The van der Waals surface area contributed by atoms with Gasteiger partial charge in [0.15, 0.2) is 0 Å². The molecular weight excluding hydrogens is 776 g/mol. The van der Waals surface area contributed by atoms with Gasteiger partial charge >= 0.3 is 12.2 Å². The van der Waals surface area contributed by atoms with E-state index in [1.165, 1.54) is 15.9 Å². The minimum atomic E-state index is -4.54. The van der Waals surface area contributed by atoms with Gasteiger partial charge in [-0.3, -0.25) is 28.8 Å². The predicted octanol–water partition coefficient (Wildman–Crippen LogP) is 3.62. The minimum Gasteiger partial charge on any atom is -0.444 e. The summed E-state index contributed by atoms with van der Waals surface area (Å²) < 4.78 is 53.9. The normalized spacial score (nSPS) is 24.8. The SMILES string of the molecule is CC(C)(C)OC(=O)N[C@H]1CCCCCC=C[C@H]2C[C@@]2(C(=O)NS(=O)(=O)CC(=O)Nc2ccccc2)NC(=O)[C@@H]2C[C@@H](OC(=O)N3Cc4cccc(F)c4C3)CN2C1=O. The zero-order valence-electron chi connectivity index (χ0n) is 32.6. The number of ether oxygens (including phenoxy) is 2. The van der Waals surface area contributed by atoms with Gasteiger partial charge in [0.2, 0.25) is 27.7 Å². The fraction of sp³-hybridized carbons (Fsp3) is 0.500. The molecule has 2 aromatic rings. The van der Waals surface area contributed by atoms with Gasteiger partial charge in [-0.2, -0.15) is 0 Å². The maximum atomic E-state index is 14.5. The van der Waals surface area contributed by atoms with Gasteiger partial charge in [0.25, 0.3) is 5.91 Å². The number of para-hydroxylation sites is 1. The highest BCUT2D eigenvalue weighted by atomic mass is 32.2. The highest BCUT2D eigenvalue weighted by Crippen LogP contribution is 2.46. The Morgan fingerprint density at radius 1 is 1.00 bits per heavy atom. The topological polar surface area (TPSA) is 210 Å². The summed E-state index contributed by atoms with van der Waals surface area (Å²) in [6.07, 6.45) is 3.45. The van der Waals surface area contributed by atoms with E-state index in [0.29, 0.717) is 42.5 Å². The molecule has 312 valence electrons. The van der Waals surface area contributed by atoms with Crippen molar-refractivity contribution in [2.45, 2.75) is 108 Å². The van der Waals surface area contributed by atoms with Gasteiger partial charge in [0, 0.05) is 30.1 Å². The Balaban J connectivity index is 1.23. The molecule has 6 amide bonds. The van der Waals surface area contributed by atoms with Crippen LogP contribution in [0.3, 0.4) is 0 Å². The Bertz CT molecular complexity index is 2080. The molecule has 16 nitrogen and oxygen atoms in total. The molecule has 6 rings (SSSR count). The number of nitrogens with one attached hydrogen (secondary N) is 4. The fourth-order valence-electron chi connectivity index (χ4n) is 7.50. The lowest BCUT2D eigenvalue weighted by molar-refractivity contribution is -0.141. The lowest BCUT2D eigenvalue weighted by Gasteiger charge is -2.30. The first-order valence-corrected chi connectivity index (χ1v) is 21.0. The molecular formula is C40H49FN6O10S. The smallest absolute Gasteiger partial charge is 0.410 e. The molecule has 1 saturated heterocycles. The third kappa shape index (κ3) is 10.3. The van der Waals surface area contributed by atoms with Crippen molar-refractivity contribution in [2.24, 2.45) is 5.92 Å². The standard InChI is InChI=1S/C40H49FN6O10S/c1-39(2,3)57-37(52)43-31-18-11-6-4-5-8-14-26-20-40(26,36(51)45-58(54,55)24-33(48)42-27-15-9-7-10-16-27)44-34(49)32-19-28(22-47(32)35(31)50)56-38(53)46-21-25-13-12-17-30(41)29(25)23-46/h7-10,12-17,26,28,31-32H,4-6,11,18-24H2,1-3H3,(H,42,48)(H,43,52)(H,44,49)(H,45,51)/t26-,28+,31-,32-,40+/m0/s1. The van der Waals surface area contributed by atoms with Crippen LogP contribution in [-0.4, -0.2) is 95.7 Å². The number of hydrogen-bond acceptors (Lipinski definition) is 10. The van der Waals surface area contributed by atoms with Crippen LogP contribution >= 0.6 is 0 Å². The van der Waals surface area contributed by atoms with E-state index in [0.717, 1.165) is 0 Å². The molecule has 3 aliphatic heterocycles. The Morgan fingerprint density at radius 3 is 2.48 bits per heavy atom. The first-order valence-electron chi connectivity index (χ1n) is 19.3. The molecule has 3 heterocycles. The fourth-order valence-corrected chi connectivity index (χ4v) is 8.46. The molecule has 1 saturated carbocycles. The van der Waals surface area contributed by atoms with Crippen LogP contribution in [0.5, 0.6) is 0 Å². The maximum absolute atomic E-state index is 14.5. The number of anilines is 1.